The summed E-state index contributed by atoms with van der Waals surface area (Å²) in [6.45, 7) is 5.01. The predicted molar refractivity (Wildman–Crippen MR) is 83.4 cm³/mol. The third-order valence-corrected chi connectivity index (χ3v) is 3.63. The number of piperazine rings is 1. The van der Waals surface area contributed by atoms with Crippen LogP contribution in [0.25, 0.3) is 0 Å². The van der Waals surface area contributed by atoms with E-state index in [0.717, 1.165) is 0 Å². The van der Waals surface area contributed by atoms with Crippen molar-refractivity contribution in [3.05, 3.63) is 35.3 Å². The summed E-state index contributed by atoms with van der Waals surface area (Å²) in [5.41, 5.74) is 1.55. The van der Waals surface area contributed by atoms with E-state index >= 15 is 0 Å². The van der Waals surface area contributed by atoms with Crippen molar-refractivity contribution in [1.29, 1.82) is 0 Å². The van der Waals surface area contributed by atoms with Gasteiger partial charge in [-0.3, -0.25) is 9.59 Å². The molecule has 0 aromatic carbocycles. The lowest BCUT2D eigenvalue weighted by molar-refractivity contribution is -0.120. The normalized spacial score (nSPS) is 14.5. The van der Waals surface area contributed by atoms with Crippen molar-refractivity contribution in [1.82, 2.24) is 15.5 Å². The van der Waals surface area contributed by atoms with Gasteiger partial charge in [-0.2, -0.15) is 0 Å². The van der Waals surface area contributed by atoms with Crippen LogP contribution in [0.3, 0.4) is 0 Å². The van der Waals surface area contributed by atoms with Gasteiger partial charge < -0.3 is 20.1 Å². The molecule has 0 atom stereocenters. The van der Waals surface area contributed by atoms with Crippen molar-refractivity contribution in [2.75, 3.05) is 29.9 Å². The zero-order chi connectivity index (χ0) is 16.4. The maximum Gasteiger partial charge on any atom is 0.261 e. The summed E-state index contributed by atoms with van der Waals surface area (Å²) in [5.74, 6) is 0.876. The Morgan fingerprint density at radius 2 is 2.22 bits per heavy atom. The molecular weight excluding hydrogens is 298 g/mol. The summed E-state index contributed by atoms with van der Waals surface area (Å²) in [6.07, 6.45) is 1.57. The van der Waals surface area contributed by atoms with Gasteiger partial charge in [0.2, 0.25) is 5.91 Å². The first-order valence-corrected chi connectivity index (χ1v) is 7.26. The molecule has 0 radical (unpaired) electrons. The Morgan fingerprint density at radius 1 is 1.39 bits per heavy atom. The number of nitrogens with zero attached hydrogens (tertiary/aromatic N) is 3. The van der Waals surface area contributed by atoms with E-state index < -0.39 is 0 Å². The van der Waals surface area contributed by atoms with Crippen molar-refractivity contribution < 1.29 is 14.1 Å². The molecule has 8 nitrogen and oxygen atoms in total. The number of anilines is 2. The molecule has 1 fully saturated rings. The summed E-state index contributed by atoms with van der Waals surface area (Å²) in [6, 6.07) is 3.53. The molecule has 1 aliphatic rings. The van der Waals surface area contributed by atoms with Crippen molar-refractivity contribution in [2.45, 2.75) is 13.8 Å². The van der Waals surface area contributed by atoms with Crippen LogP contribution >= 0.6 is 0 Å². The highest BCUT2D eigenvalue weighted by Gasteiger charge is 2.19. The number of rotatable bonds is 3. The van der Waals surface area contributed by atoms with Crippen LogP contribution in [-0.2, 0) is 4.79 Å². The molecule has 2 aromatic heterocycles. The largest absolute Gasteiger partial charge is 0.361 e. The maximum atomic E-state index is 12.2. The molecule has 0 saturated carbocycles. The highest BCUT2D eigenvalue weighted by molar-refractivity contribution is 6.05. The molecule has 0 aliphatic carbocycles. The summed E-state index contributed by atoms with van der Waals surface area (Å²) in [5, 5.41) is 9.30. The van der Waals surface area contributed by atoms with E-state index in [0.29, 0.717) is 41.6 Å². The summed E-state index contributed by atoms with van der Waals surface area (Å²) < 4.78 is 4.99. The quantitative estimate of drug-likeness (QED) is 0.872. The van der Waals surface area contributed by atoms with E-state index in [1.165, 1.54) is 0 Å². The van der Waals surface area contributed by atoms with E-state index in [2.05, 4.69) is 20.8 Å². The lowest BCUT2D eigenvalue weighted by Gasteiger charge is -2.27. The second-order valence-corrected chi connectivity index (χ2v) is 5.33. The first kappa shape index (κ1) is 15.0. The molecule has 2 N–H and O–H groups in total. The van der Waals surface area contributed by atoms with Gasteiger partial charge in [0, 0.05) is 13.1 Å². The van der Waals surface area contributed by atoms with Crippen LogP contribution in [0.15, 0.2) is 22.9 Å². The van der Waals surface area contributed by atoms with Crippen LogP contribution < -0.4 is 15.5 Å². The van der Waals surface area contributed by atoms with Gasteiger partial charge in [-0.1, -0.05) is 5.16 Å². The highest BCUT2D eigenvalue weighted by atomic mass is 16.5. The number of pyridine rings is 1. The molecule has 0 spiro atoms. The topological polar surface area (TPSA) is 100 Å². The number of hydrogen-bond donors (Lipinski definition) is 2. The Hall–Kier alpha value is -2.90. The number of aryl methyl sites for hydroxylation is 2. The van der Waals surface area contributed by atoms with E-state index in [1.54, 1.807) is 32.2 Å². The van der Waals surface area contributed by atoms with Gasteiger partial charge in [0.25, 0.3) is 5.91 Å². The van der Waals surface area contributed by atoms with E-state index in [9.17, 15) is 9.59 Å². The smallest absolute Gasteiger partial charge is 0.261 e. The number of amides is 2. The Morgan fingerprint density at radius 3 is 2.83 bits per heavy atom. The number of hydrogen-bond acceptors (Lipinski definition) is 6. The Bertz CT molecular complexity index is 719. The molecular formula is C15H17N5O3. The van der Waals surface area contributed by atoms with Crippen LogP contribution in [0.4, 0.5) is 11.5 Å². The minimum absolute atomic E-state index is 0.0196. The van der Waals surface area contributed by atoms with Gasteiger partial charge >= 0.3 is 0 Å². The van der Waals surface area contributed by atoms with E-state index in [4.69, 9.17) is 4.52 Å². The van der Waals surface area contributed by atoms with Gasteiger partial charge in [0.1, 0.15) is 17.1 Å². The lowest BCUT2D eigenvalue weighted by Crippen LogP contribution is -2.48. The molecule has 2 aromatic rings. The average molecular weight is 315 g/mol. The van der Waals surface area contributed by atoms with Gasteiger partial charge in [-0.15, -0.1) is 0 Å². The highest BCUT2D eigenvalue weighted by Crippen LogP contribution is 2.18. The molecule has 3 rings (SSSR count). The Balaban J connectivity index is 1.70. The third kappa shape index (κ3) is 3.15. The molecule has 2 amide bonds. The van der Waals surface area contributed by atoms with Gasteiger partial charge in [-0.25, -0.2) is 4.98 Å². The van der Waals surface area contributed by atoms with Crippen LogP contribution in [0, 0.1) is 13.8 Å². The SMILES string of the molecule is Cc1noc(C)c1C(=O)Nc1ccc(N2CCNC(=O)C2)nc1. The fourth-order valence-electron chi connectivity index (χ4n) is 2.48. The molecule has 1 aliphatic heterocycles. The first-order chi connectivity index (χ1) is 11.0. The molecule has 23 heavy (non-hydrogen) atoms. The number of nitrogens with one attached hydrogen (secondary N) is 2. The van der Waals surface area contributed by atoms with E-state index in [1.807, 2.05) is 4.90 Å². The van der Waals surface area contributed by atoms with Crippen molar-refractivity contribution in [3.8, 4) is 0 Å². The zero-order valence-corrected chi connectivity index (χ0v) is 12.9. The Labute approximate surface area is 132 Å². The first-order valence-electron chi connectivity index (χ1n) is 7.26. The predicted octanol–water partition coefficient (Wildman–Crippen LogP) is 0.875. The third-order valence-electron chi connectivity index (χ3n) is 3.63. The van der Waals surface area contributed by atoms with E-state index in [-0.39, 0.29) is 18.4 Å². The van der Waals surface area contributed by atoms with Crippen LogP contribution in [0.2, 0.25) is 0 Å². The standard InChI is InChI=1S/C15H17N5O3/c1-9-14(10(2)23-19-9)15(22)18-11-3-4-12(17-7-11)20-6-5-16-13(21)8-20/h3-4,7H,5-6,8H2,1-2H3,(H,16,21)(H,18,22). The molecule has 120 valence electrons. The fourth-order valence-corrected chi connectivity index (χ4v) is 2.48. The minimum atomic E-state index is -0.284. The number of carbonyl (C=O) groups excluding carboxylic acids is 2. The second kappa shape index (κ2) is 6.07. The van der Waals surface area contributed by atoms with Crippen LogP contribution in [0.5, 0.6) is 0 Å². The molecule has 8 heteroatoms. The van der Waals surface area contributed by atoms with Crippen molar-refractivity contribution in [3.63, 3.8) is 0 Å². The second-order valence-electron chi connectivity index (χ2n) is 5.33. The van der Waals surface area contributed by atoms with Gasteiger partial charge in [0.05, 0.1) is 24.1 Å². The molecule has 3 heterocycles. The minimum Gasteiger partial charge on any atom is -0.361 e. The van der Waals surface area contributed by atoms with Gasteiger partial charge in [0.15, 0.2) is 0 Å². The van der Waals surface area contributed by atoms with Crippen LogP contribution in [0.1, 0.15) is 21.8 Å². The molecule has 1 saturated heterocycles. The number of aromatic nitrogens is 2. The summed E-state index contributed by atoms with van der Waals surface area (Å²) >= 11 is 0. The number of carbonyl (C=O) groups is 2. The van der Waals surface area contributed by atoms with Crippen LogP contribution in [-0.4, -0.2) is 41.6 Å². The fraction of sp³-hybridized carbons (Fsp3) is 0.333. The summed E-state index contributed by atoms with van der Waals surface area (Å²) in [4.78, 5) is 29.8. The molecule has 0 bridgehead atoms. The van der Waals surface area contributed by atoms with Crippen molar-refractivity contribution in [2.24, 2.45) is 0 Å². The van der Waals surface area contributed by atoms with Crippen molar-refractivity contribution >= 4 is 23.3 Å². The maximum absolute atomic E-state index is 12.2. The summed E-state index contributed by atoms with van der Waals surface area (Å²) in [7, 11) is 0. The van der Waals surface area contributed by atoms with Gasteiger partial charge in [-0.05, 0) is 26.0 Å². The monoisotopic (exact) mass is 315 g/mol. The zero-order valence-electron chi connectivity index (χ0n) is 12.9. The molecule has 0 unspecified atom stereocenters. The average Bonchev–Trinajstić information content (AvgIpc) is 2.87. The lowest BCUT2D eigenvalue weighted by atomic mass is 10.2. The Kier molecular flexibility index (Phi) is 3.96.